The van der Waals surface area contributed by atoms with E-state index < -0.39 is 28.0 Å². The highest BCUT2D eigenvalue weighted by Crippen LogP contribution is 2.32. The molecule has 0 fully saturated rings. The van der Waals surface area contributed by atoms with Gasteiger partial charge in [-0.3, -0.25) is 9.59 Å². The van der Waals surface area contributed by atoms with Gasteiger partial charge < -0.3 is 19.5 Å². The molecule has 1 atom stereocenters. The molecule has 178 valence electrons. The van der Waals surface area contributed by atoms with E-state index in [2.05, 4.69) is 10.0 Å². The number of esters is 1. The molecule has 0 radical (unpaired) electrons. The smallest absolute Gasteiger partial charge is 0.307 e. The Morgan fingerprint density at radius 3 is 2.33 bits per heavy atom. The zero-order valence-corrected chi connectivity index (χ0v) is 19.9. The van der Waals surface area contributed by atoms with Crippen LogP contribution in [0.2, 0.25) is 0 Å². The average molecular weight is 477 g/mol. The lowest BCUT2D eigenvalue weighted by molar-refractivity contribution is -0.152. The predicted molar refractivity (Wildman–Crippen MR) is 122 cm³/mol. The summed E-state index contributed by atoms with van der Waals surface area (Å²) in [5, 5.41) is 2.79. The Kier molecular flexibility index (Phi) is 7.60. The number of ether oxygens (including phenoxy) is 3. The fraction of sp³-hybridized carbons (Fsp3) is 0.391. The Balaban J connectivity index is 1.50. The molecule has 0 unspecified atom stereocenters. The van der Waals surface area contributed by atoms with Gasteiger partial charge in [0.1, 0.15) is 13.2 Å². The highest BCUT2D eigenvalue weighted by molar-refractivity contribution is 7.89. The predicted octanol–water partition coefficient (Wildman–Crippen LogP) is 2.62. The van der Waals surface area contributed by atoms with Crippen molar-refractivity contribution in [1.82, 2.24) is 4.72 Å². The molecule has 2 aromatic carbocycles. The summed E-state index contributed by atoms with van der Waals surface area (Å²) >= 11 is 0. The van der Waals surface area contributed by atoms with Crippen molar-refractivity contribution in [3.05, 3.63) is 47.0 Å². The molecule has 0 saturated heterocycles. The van der Waals surface area contributed by atoms with Gasteiger partial charge in [-0.25, -0.2) is 13.1 Å². The summed E-state index contributed by atoms with van der Waals surface area (Å²) in [5.41, 5.74) is 3.59. The molecule has 1 aliphatic rings. The molecule has 0 spiro atoms. The van der Waals surface area contributed by atoms with Crippen molar-refractivity contribution < 1.29 is 32.2 Å². The van der Waals surface area contributed by atoms with Crippen molar-refractivity contribution >= 4 is 27.6 Å². The van der Waals surface area contributed by atoms with Crippen molar-refractivity contribution in [2.45, 2.75) is 45.1 Å². The fourth-order valence-electron chi connectivity index (χ4n) is 3.47. The number of benzene rings is 2. The lowest BCUT2D eigenvalue weighted by Gasteiger charge is -2.19. The topological polar surface area (TPSA) is 120 Å². The van der Waals surface area contributed by atoms with Crippen molar-refractivity contribution in [2.75, 3.05) is 25.1 Å². The molecule has 0 aliphatic carbocycles. The molecule has 0 aromatic heterocycles. The van der Waals surface area contributed by atoms with Crippen LogP contribution in [0.1, 0.15) is 30.0 Å². The third kappa shape index (κ3) is 6.23. The van der Waals surface area contributed by atoms with Gasteiger partial charge in [0.15, 0.2) is 17.6 Å². The maximum atomic E-state index is 12.5. The Morgan fingerprint density at radius 1 is 1.03 bits per heavy atom. The molecule has 2 aromatic rings. The van der Waals surface area contributed by atoms with E-state index in [0.717, 1.165) is 16.7 Å². The normalized spacial score (nSPS) is 13.8. The standard InChI is InChI=1S/C23H28N2O7S/c1-14-11-15(2)22(16(3)12-14)25-23(27)17(4)32-21(26)7-8-24-33(28,29)18-5-6-19-20(13-18)31-10-9-30-19/h5-6,11-13,17,24H,7-10H2,1-4H3,(H,25,27)/t17-/m1/s1. The van der Waals surface area contributed by atoms with Crippen molar-refractivity contribution in [1.29, 1.82) is 0 Å². The molecular formula is C23H28N2O7S. The Bertz CT molecular complexity index is 1140. The largest absolute Gasteiger partial charge is 0.486 e. The lowest BCUT2D eigenvalue weighted by atomic mass is 10.0. The first kappa shape index (κ1) is 24.5. The van der Waals surface area contributed by atoms with Gasteiger partial charge in [0.05, 0.1) is 11.3 Å². The Hall–Kier alpha value is -3.11. The van der Waals surface area contributed by atoms with Crippen LogP contribution in [0.15, 0.2) is 35.2 Å². The van der Waals surface area contributed by atoms with Crippen LogP contribution in [0.3, 0.4) is 0 Å². The van der Waals surface area contributed by atoms with E-state index in [0.29, 0.717) is 30.4 Å². The van der Waals surface area contributed by atoms with Crippen LogP contribution in [-0.2, 0) is 24.3 Å². The van der Waals surface area contributed by atoms with Crippen LogP contribution in [0.4, 0.5) is 5.69 Å². The van der Waals surface area contributed by atoms with Crippen LogP contribution in [0, 0.1) is 20.8 Å². The Morgan fingerprint density at radius 2 is 1.67 bits per heavy atom. The fourth-order valence-corrected chi connectivity index (χ4v) is 4.52. The number of carbonyl (C=O) groups is 2. The molecule has 1 aliphatic heterocycles. The molecule has 0 saturated carbocycles. The first-order chi connectivity index (χ1) is 15.6. The number of amides is 1. The molecule has 0 bridgehead atoms. The number of aryl methyl sites for hydroxylation is 3. The van der Waals surface area contributed by atoms with Crippen LogP contribution in [0.25, 0.3) is 0 Å². The summed E-state index contributed by atoms with van der Waals surface area (Å²) in [6, 6.07) is 8.20. The van der Waals surface area contributed by atoms with E-state index in [4.69, 9.17) is 14.2 Å². The molecular weight excluding hydrogens is 448 g/mol. The first-order valence-corrected chi connectivity index (χ1v) is 12.0. The molecule has 3 rings (SSSR count). The van der Waals surface area contributed by atoms with E-state index in [9.17, 15) is 18.0 Å². The van der Waals surface area contributed by atoms with Crippen LogP contribution < -0.4 is 19.5 Å². The summed E-state index contributed by atoms with van der Waals surface area (Å²) < 4.78 is 43.3. The number of hydrogen-bond acceptors (Lipinski definition) is 7. The van der Waals surface area contributed by atoms with Crippen molar-refractivity contribution in [3.8, 4) is 11.5 Å². The summed E-state index contributed by atoms with van der Waals surface area (Å²) in [6.07, 6.45) is -1.27. The molecule has 1 amide bonds. The number of rotatable bonds is 8. The van der Waals surface area contributed by atoms with E-state index in [-0.39, 0.29) is 17.9 Å². The maximum absolute atomic E-state index is 12.5. The minimum absolute atomic E-state index is 0.00305. The minimum atomic E-state index is -3.86. The van der Waals surface area contributed by atoms with E-state index >= 15 is 0 Å². The SMILES string of the molecule is Cc1cc(C)c(NC(=O)[C@@H](C)OC(=O)CCNS(=O)(=O)c2ccc3c(c2)OCCO3)c(C)c1. The maximum Gasteiger partial charge on any atom is 0.307 e. The summed E-state index contributed by atoms with van der Waals surface area (Å²) in [5.74, 6) is -0.329. The summed E-state index contributed by atoms with van der Waals surface area (Å²) in [4.78, 5) is 24.6. The Labute approximate surface area is 193 Å². The third-order valence-corrected chi connectivity index (χ3v) is 6.51. The quantitative estimate of drug-likeness (QED) is 0.562. The second kappa shape index (κ2) is 10.2. The lowest BCUT2D eigenvalue weighted by Crippen LogP contribution is -2.32. The van der Waals surface area contributed by atoms with E-state index in [1.54, 1.807) is 0 Å². The highest BCUT2D eigenvalue weighted by atomic mass is 32.2. The van der Waals surface area contributed by atoms with Gasteiger partial charge in [0.25, 0.3) is 5.91 Å². The third-order valence-electron chi connectivity index (χ3n) is 5.05. The average Bonchev–Trinajstić information content (AvgIpc) is 2.75. The zero-order valence-electron chi connectivity index (χ0n) is 19.1. The van der Waals surface area contributed by atoms with Crippen molar-refractivity contribution in [2.24, 2.45) is 0 Å². The molecule has 33 heavy (non-hydrogen) atoms. The monoisotopic (exact) mass is 476 g/mol. The van der Waals surface area contributed by atoms with Gasteiger partial charge in [-0.1, -0.05) is 17.7 Å². The van der Waals surface area contributed by atoms with Gasteiger partial charge in [0, 0.05) is 18.3 Å². The number of fused-ring (bicyclic) bond motifs is 1. The van der Waals surface area contributed by atoms with Crippen LogP contribution in [-0.4, -0.2) is 46.2 Å². The number of sulfonamides is 1. The molecule has 1 heterocycles. The van der Waals surface area contributed by atoms with Gasteiger partial charge in [-0.15, -0.1) is 0 Å². The van der Waals surface area contributed by atoms with Gasteiger partial charge in [-0.05, 0) is 51.0 Å². The summed E-state index contributed by atoms with van der Waals surface area (Å²) in [6.45, 7) is 7.77. The van der Waals surface area contributed by atoms with E-state index in [1.165, 1.54) is 25.1 Å². The first-order valence-electron chi connectivity index (χ1n) is 10.5. The van der Waals surface area contributed by atoms with Gasteiger partial charge in [0.2, 0.25) is 10.0 Å². The minimum Gasteiger partial charge on any atom is -0.486 e. The number of nitrogens with one attached hydrogen (secondary N) is 2. The molecule has 10 heteroatoms. The summed E-state index contributed by atoms with van der Waals surface area (Å²) in [7, 11) is -3.86. The van der Waals surface area contributed by atoms with Crippen LogP contribution in [0.5, 0.6) is 11.5 Å². The number of hydrogen-bond donors (Lipinski definition) is 2. The zero-order chi connectivity index (χ0) is 24.2. The number of anilines is 1. The second-order valence-electron chi connectivity index (χ2n) is 7.85. The molecule has 2 N–H and O–H groups in total. The van der Waals surface area contributed by atoms with Gasteiger partial charge >= 0.3 is 5.97 Å². The highest BCUT2D eigenvalue weighted by Gasteiger charge is 2.22. The molecule has 9 nitrogen and oxygen atoms in total. The second-order valence-corrected chi connectivity index (χ2v) is 9.62. The van der Waals surface area contributed by atoms with E-state index in [1.807, 2.05) is 32.9 Å². The van der Waals surface area contributed by atoms with Gasteiger partial charge in [-0.2, -0.15) is 0 Å². The van der Waals surface area contributed by atoms with Crippen LogP contribution >= 0.6 is 0 Å². The number of carbonyl (C=O) groups excluding carboxylic acids is 2. The van der Waals surface area contributed by atoms with Crippen molar-refractivity contribution in [3.63, 3.8) is 0 Å².